The van der Waals surface area contributed by atoms with Crippen molar-refractivity contribution in [3.05, 3.63) is 26.4 Å². The first-order chi connectivity index (χ1) is 9.60. The van der Waals surface area contributed by atoms with Crippen LogP contribution in [0.1, 0.15) is 37.5 Å². The molecule has 106 valence electrons. The molecule has 0 spiro atoms. The second-order valence-corrected chi connectivity index (χ2v) is 7.04. The Labute approximate surface area is 131 Å². The van der Waals surface area contributed by atoms with Gasteiger partial charge in [0.2, 0.25) is 0 Å². The van der Waals surface area contributed by atoms with Gasteiger partial charge in [0.1, 0.15) is 11.6 Å². The molecule has 0 saturated heterocycles. The molecule has 1 aliphatic rings. The lowest BCUT2D eigenvalue weighted by Gasteiger charge is -2.29. The molecule has 0 bridgehead atoms. The van der Waals surface area contributed by atoms with Gasteiger partial charge in [-0.15, -0.1) is 11.3 Å². The molecule has 1 saturated carbocycles. The zero-order chi connectivity index (χ0) is 14.5. The van der Waals surface area contributed by atoms with E-state index in [0.717, 1.165) is 28.6 Å². The van der Waals surface area contributed by atoms with Crippen LogP contribution in [0.2, 0.25) is 0 Å². The first kappa shape index (κ1) is 15.3. The zero-order valence-corrected chi connectivity index (χ0v) is 13.8. The maximum absolute atomic E-state index is 12.2. The molecule has 20 heavy (non-hydrogen) atoms. The number of thiophene rings is 1. The van der Waals surface area contributed by atoms with E-state index >= 15 is 0 Å². The van der Waals surface area contributed by atoms with Crippen LogP contribution in [-0.4, -0.2) is 11.9 Å². The van der Waals surface area contributed by atoms with Gasteiger partial charge < -0.3 is 5.32 Å². The second kappa shape index (κ2) is 7.05. The van der Waals surface area contributed by atoms with E-state index in [1.165, 1.54) is 17.8 Å². The van der Waals surface area contributed by atoms with Gasteiger partial charge in [-0.3, -0.25) is 4.79 Å². The van der Waals surface area contributed by atoms with Crippen molar-refractivity contribution in [1.82, 2.24) is 5.32 Å². The van der Waals surface area contributed by atoms with Crippen molar-refractivity contribution in [2.75, 3.05) is 0 Å². The summed E-state index contributed by atoms with van der Waals surface area (Å²) < 4.78 is 0.965. The molecule has 1 aromatic heterocycles. The van der Waals surface area contributed by atoms with Gasteiger partial charge in [0, 0.05) is 20.8 Å². The molecule has 0 radical (unpaired) electrons. The van der Waals surface area contributed by atoms with Gasteiger partial charge in [-0.05, 0) is 46.8 Å². The van der Waals surface area contributed by atoms with Gasteiger partial charge in [0.15, 0.2) is 0 Å². The average molecular weight is 353 g/mol. The minimum atomic E-state index is -0.254. The summed E-state index contributed by atoms with van der Waals surface area (Å²) in [5, 5.41) is 14.1. The molecule has 2 rings (SSSR count). The predicted molar refractivity (Wildman–Crippen MR) is 85.2 cm³/mol. The summed E-state index contributed by atoms with van der Waals surface area (Å²) in [6, 6.07) is 4.10. The molecule has 3 nitrogen and oxygen atoms in total. The fraction of sp³-hybridized carbons (Fsp3) is 0.467. The van der Waals surface area contributed by atoms with Crippen LogP contribution in [0, 0.1) is 17.2 Å². The highest BCUT2D eigenvalue weighted by molar-refractivity contribution is 9.10. The van der Waals surface area contributed by atoms with Crippen LogP contribution in [0.15, 0.2) is 21.5 Å². The maximum atomic E-state index is 12.2. The first-order valence-electron chi connectivity index (χ1n) is 6.77. The Hall–Kier alpha value is -1.12. The van der Waals surface area contributed by atoms with E-state index in [1.54, 1.807) is 6.08 Å². The summed E-state index contributed by atoms with van der Waals surface area (Å²) in [7, 11) is 0. The first-order valence-corrected chi connectivity index (χ1v) is 8.44. The van der Waals surface area contributed by atoms with Crippen molar-refractivity contribution in [3.8, 4) is 6.07 Å². The number of nitrogens with one attached hydrogen (secondary N) is 1. The third-order valence-corrected chi connectivity index (χ3v) is 5.31. The van der Waals surface area contributed by atoms with Crippen molar-refractivity contribution >= 4 is 39.2 Å². The SMILES string of the molecule is C[C@@H]1CCCC[C@@H]1NC(=O)/C(C#N)=C/c1cc(Br)cs1. The molecule has 1 N–H and O–H groups in total. The molecule has 1 aromatic rings. The van der Waals surface area contributed by atoms with Crippen molar-refractivity contribution in [1.29, 1.82) is 5.26 Å². The van der Waals surface area contributed by atoms with Crippen molar-refractivity contribution < 1.29 is 4.79 Å². The Kier molecular flexibility index (Phi) is 5.38. The highest BCUT2D eigenvalue weighted by Gasteiger charge is 2.24. The highest BCUT2D eigenvalue weighted by Crippen LogP contribution is 2.25. The third kappa shape index (κ3) is 3.94. The van der Waals surface area contributed by atoms with Gasteiger partial charge >= 0.3 is 0 Å². The lowest BCUT2D eigenvalue weighted by atomic mass is 9.86. The minimum Gasteiger partial charge on any atom is -0.348 e. The molecule has 1 fully saturated rings. The lowest BCUT2D eigenvalue weighted by molar-refractivity contribution is -0.118. The third-order valence-electron chi connectivity index (χ3n) is 3.67. The Bertz CT molecular complexity index is 558. The van der Waals surface area contributed by atoms with E-state index in [0.29, 0.717) is 5.92 Å². The summed E-state index contributed by atoms with van der Waals surface area (Å²) >= 11 is 4.87. The highest BCUT2D eigenvalue weighted by atomic mass is 79.9. The molecule has 0 aromatic carbocycles. The summed E-state index contributed by atoms with van der Waals surface area (Å²) in [6.45, 7) is 2.16. The fourth-order valence-electron chi connectivity index (χ4n) is 2.47. The van der Waals surface area contributed by atoms with Gasteiger partial charge in [-0.2, -0.15) is 5.26 Å². The number of nitrogens with zero attached hydrogens (tertiary/aromatic N) is 1. The largest absolute Gasteiger partial charge is 0.348 e. The molecule has 1 aliphatic carbocycles. The molecular weight excluding hydrogens is 336 g/mol. The summed E-state index contributed by atoms with van der Waals surface area (Å²) in [6.07, 6.45) is 6.19. The normalized spacial score (nSPS) is 23.1. The van der Waals surface area contributed by atoms with E-state index in [9.17, 15) is 10.1 Å². The molecule has 2 atom stereocenters. The number of hydrogen-bond donors (Lipinski definition) is 1. The predicted octanol–water partition coefficient (Wildman–Crippen LogP) is 4.11. The van der Waals surface area contributed by atoms with Gasteiger partial charge in [0.05, 0.1) is 0 Å². The van der Waals surface area contributed by atoms with Gasteiger partial charge in [-0.25, -0.2) is 0 Å². The summed E-state index contributed by atoms with van der Waals surface area (Å²) in [5.41, 5.74) is 0.178. The number of halogens is 1. The summed E-state index contributed by atoms with van der Waals surface area (Å²) in [4.78, 5) is 13.1. The monoisotopic (exact) mass is 352 g/mol. The lowest BCUT2D eigenvalue weighted by Crippen LogP contribution is -2.41. The van der Waals surface area contributed by atoms with E-state index in [1.807, 2.05) is 17.5 Å². The Morgan fingerprint density at radius 2 is 2.30 bits per heavy atom. The number of hydrogen-bond acceptors (Lipinski definition) is 3. The topological polar surface area (TPSA) is 52.9 Å². The smallest absolute Gasteiger partial charge is 0.262 e. The fourth-order valence-corrected chi connectivity index (χ4v) is 3.85. The number of nitriles is 1. The molecular formula is C15H17BrN2OS. The van der Waals surface area contributed by atoms with Crippen LogP contribution in [0.4, 0.5) is 0 Å². The van der Waals surface area contributed by atoms with Crippen LogP contribution in [0.3, 0.4) is 0 Å². The Balaban J connectivity index is 2.06. The van der Waals surface area contributed by atoms with Gasteiger partial charge in [0.25, 0.3) is 5.91 Å². The van der Waals surface area contributed by atoms with E-state index in [-0.39, 0.29) is 17.5 Å². The number of carbonyl (C=O) groups is 1. The number of carbonyl (C=O) groups excluding carboxylic acids is 1. The minimum absolute atomic E-state index is 0.178. The van der Waals surface area contributed by atoms with E-state index < -0.39 is 0 Å². The van der Waals surface area contributed by atoms with Crippen LogP contribution >= 0.6 is 27.3 Å². The van der Waals surface area contributed by atoms with Crippen molar-refractivity contribution in [2.45, 2.75) is 38.6 Å². The standard InChI is InChI=1S/C15H17BrN2OS/c1-10-4-2-3-5-14(10)18-15(19)11(8-17)6-13-7-12(16)9-20-13/h6-7,9-10,14H,2-5H2,1H3,(H,18,19)/b11-6+/t10-,14+/m1/s1. The molecule has 0 aliphatic heterocycles. The van der Waals surface area contributed by atoms with Crippen LogP contribution in [0.5, 0.6) is 0 Å². The van der Waals surface area contributed by atoms with Crippen LogP contribution in [-0.2, 0) is 4.79 Å². The molecule has 5 heteroatoms. The molecule has 1 heterocycles. The summed E-state index contributed by atoms with van der Waals surface area (Å²) in [5.74, 6) is 0.235. The zero-order valence-electron chi connectivity index (χ0n) is 11.4. The number of amides is 1. The quantitative estimate of drug-likeness (QED) is 0.657. The van der Waals surface area contributed by atoms with Crippen LogP contribution in [0.25, 0.3) is 6.08 Å². The van der Waals surface area contributed by atoms with E-state index in [4.69, 9.17) is 0 Å². The second-order valence-electron chi connectivity index (χ2n) is 5.18. The maximum Gasteiger partial charge on any atom is 0.262 e. The molecule has 0 unspecified atom stereocenters. The number of rotatable bonds is 3. The molecule has 1 amide bonds. The Morgan fingerprint density at radius 1 is 1.55 bits per heavy atom. The Morgan fingerprint density at radius 3 is 2.90 bits per heavy atom. The average Bonchev–Trinajstić information content (AvgIpc) is 2.84. The van der Waals surface area contributed by atoms with Crippen molar-refractivity contribution in [2.24, 2.45) is 5.92 Å². The van der Waals surface area contributed by atoms with Crippen LogP contribution < -0.4 is 5.32 Å². The van der Waals surface area contributed by atoms with Crippen molar-refractivity contribution in [3.63, 3.8) is 0 Å². The van der Waals surface area contributed by atoms with Gasteiger partial charge in [-0.1, -0.05) is 19.8 Å². The van der Waals surface area contributed by atoms with E-state index in [2.05, 4.69) is 28.2 Å².